The van der Waals surface area contributed by atoms with E-state index in [9.17, 15) is 14.7 Å². The number of hydrogen-bond donors (Lipinski definition) is 2. The van der Waals surface area contributed by atoms with E-state index < -0.39 is 11.4 Å². The molecule has 1 rings (SSSR count). The van der Waals surface area contributed by atoms with Crippen molar-refractivity contribution < 1.29 is 19.4 Å². The fourth-order valence-corrected chi connectivity index (χ4v) is 2.15. The first-order chi connectivity index (χ1) is 8.85. The minimum Gasteiger partial charge on any atom is -0.481 e. The second-order valence-electron chi connectivity index (χ2n) is 5.54. The number of likely N-dealkylation sites (tertiary alicyclic amines) is 1. The van der Waals surface area contributed by atoms with Crippen molar-refractivity contribution in [3.8, 4) is 0 Å². The van der Waals surface area contributed by atoms with Crippen LogP contribution in [0.4, 0.5) is 4.79 Å². The zero-order valence-electron chi connectivity index (χ0n) is 11.9. The van der Waals surface area contributed by atoms with Crippen LogP contribution in [-0.2, 0) is 9.53 Å². The smallest absolute Gasteiger partial charge is 0.317 e. The monoisotopic (exact) mass is 272 g/mol. The van der Waals surface area contributed by atoms with Crippen LogP contribution in [0, 0.1) is 5.41 Å². The van der Waals surface area contributed by atoms with E-state index in [0.717, 1.165) is 6.42 Å². The molecule has 1 atom stereocenters. The lowest BCUT2D eigenvalue weighted by Gasteiger charge is -2.37. The number of carbonyl (C=O) groups is 2. The van der Waals surface area contributed by atoms with Crippen LogP contribution in [0.5, 0.6) is 0 Å². The van der Waals surface area contributed by atoms with Crippen molar-refractivity contribution in [3.05, 3.63) is 0 Å². The topological polar surface area (TPSA) is 78.9 Å². The lowest BCUT2D eigenvalue weighted by atomic mass is 9.82. The summed E-state index contributed by atoms with van der Waals surface area (Å²) < 4.78 is 5.33. The van der Waals surface area contributed by atoms with Gasteiger partial charge in [0.1, 0.15) is 0 Å². The lowest BCUT2D eigenvalue weighted by Crippen LogP contribution is -2.51. The average Bonchev–Trinajstić information content (AvgIpc) is 2.34. The Morgan fingerprint density at radius 3 is 2.74 bits per heavy atom. The highest BCUT2D eigenvalue weighted by Gasteiger charge is 2.39. The van der Waals surface area contributed by atoms with Crippen LogP contribution >= 0.6 is 0 Å². The Balaban J connectivity index is 2.38. The first-order valence-corrected chi connectivity index (χ1v) is 6.73. The zero-order chi connectivity index (χ0) is 14.5. The number of rotatable bonds is 5. The SMILES string of the molecule is CC(C)OCCNC(=O)N1CCCC(C)(C(=O)O)C1. The summed E-state index contributed by atoms with van der Waals surface area (Å²) in [6.07, 6.45) is 1.48. The van der Waals surface area contributed by atoms with Crippen LogP contribution in [0.2, 0.25) is 0 Å². The molecule has 0 bridgehead atoms. The fourth-order valence-electron chi connectivity index (χ4n) is 2.15. The maximum atomic E-state index is 11.9. The summed E-state index contributed by atoms with van der Waals surface area (Å²) in [5.74, 6) is -0.840. The van der Waals surface area contributed by atoms with Crippen LogP contribution in [0.3, 0.4) is 0 Å². The van der Waals surface area contributed by atoms with E-state index in [2.05, 4.69) is 5.32 Å². The highest BCUT2D eigenvalue weighted by atomic mass is 16.5. The van der Waals surface area contributed by atoms with Crippen LogP contribution in [0.25, 0.3) is 0 Å². The Kier molecular flexibility index (Phi) is 5.60. The molecule has 2 amide bonds. The number of nitrogens with one attached hydrogen (secondary N) is 1. The number of carboxylic acid groups (broad SMARTS) is 1. The maximum Gasteiger partial charge on any atom is 0.317 e. The molecule has 1 aliphatic rings. The predicted octanol–water partition coefficient (Wildman–Crippen LogP) is 1.31. The summed E-state index contributed by atoms with van der Waals surface area (Å²) in [6, 6.07) is -0.209. The van der Waals surface area contributed by atoms with Crippen molar-refractivity contribution in [2.75, 3.05) is 26.2 Å². The third-order valence-corrected chi connectivity index (χ3v) is 3.33. The lowest BCUT2D eigenvalue weighted by molar-refractivity contribution is -0.150. The standard InChI is InChI=1S/C13H24N2O4/c1-10(2)19-8-6-14-12(18)15-7-4-5-13(3,9-15)11(16)17/h10H,4-9H2,1-3H3,(H,14,18)(H,16,17). The maximum absolute atomic E-state index is 11.9. The van der Waals surface area contributed by atoms with Gasteiger partial charge in [-0.1, -0.05) is 0 Å². The largest absolute Gasteiger partial charge is 0.481 e. The van der Waals surface area contributed by atoms with Gasteiger partial charge in [-0.2, -0.15) is 0 Å². The molecule has 0 aromatic heterocycles. The summed E-state index contributed by atoms with van der Waals surface area (Å²) in [6.45, 7) is 7.34. The van der Waals surface area contributed by atoms with Gasteiger partial charge >= 0.3 is 12.0 Å². The van der Waals surface area contributed by atoms with Crippen LogP contribution in [0.1, 0.15) is 33.6 Å². The average molecular weight is 272 g/mol. The molecule has 1 fully saturated rings. The van der Waals surface area contributed by atoms with Gasteiger partial charge in [0.05, 0.1) is 18.1 Å². The summed E-state index contributed by atoms with van der Waals surface area (Å²) in [5, 5.41) is 11.9. The molecule has 1 aliphatic heterocycles. The Labute approximate surface area is 114 Å². The first kappa shape index (κ1) is 15.8. The number of amides is 2. The molecule has 6 nitrogen and oxygen atoms in total. The zero-order valence-corrected chi connectivity index (χ0v) is 11.9. The molecule has 2 N–H and O–H groups in total. The third-order valence-electron chi connectivity index (χ3n) is 3.33. The first-order valence-electron chi connectivity index (χ1n) is 6.73. The molecule has 1 saturated heterocycles. The molecule has 0 saturated carbocycles. The molecular formula is C13H24N2O4. The number of carboxylic acids is 1. The van der Waals surface area contributed by atoms with Crippen LogP contribution in [0.15, 0.2) is 0 Å². The minimum atomic E-state index is -0.840. The number of carbonyl (C=O) groups excluding carboxylic acids is 1. The van der Waals surface area contributed by atoms with Crippen molar-refractivity contribution >= 4 is 12.0 Å². The Hall–Kier alpha value is -1.30. The van der Waals surface area contributed by atoms with Gasteiger partial charge in [-0.3, -0.25) is 4.79 Å². The summed E-state index contributed by atoms with van der Waals surface area (Å²) in [5.41, 5.74) is -0.829. The quantitative estimate of drug-likeness (QED) is 0.740. The molecular weight excluding hydrogens is 248 g/mol. The Morgan fingerprint density at radius 1 is 1.47 bits per heavy atom. The summed E-state index contributed by atoms with van der Waals surface area (Å²) in [7, 11) is 0. The molecule has 0 aromatic rings. The Bertz CT molecular complexity index is 333. The summed E-state index contributed by atoms with van der Waals surface area (Å²) >= 11 is 0. The second kappa shape index (κ2) is 6.75. The normalized spacial score (nSPS) is 23.5. The van der Waals surface area contributed by atoms with E-state index in [1.165, 1.54) is 0 Å². The van der Waals surface area contributed by atoms with E-state index in [1.807, 2.05) is 13.8 Å². The van der Waals surface area contributed by atoms with Crippen molar-refractivity contribution in [1.29, 1.82) is 0 Å². The fraction of sp³-hybridized carbons (Fsp3) is 0.846. The van der Waals surface area contributed by atoms with Gasteiger partial charge in [-0.05, 0) is 33.6 Å². The number of aliphatic carboxylic acids is 1. The second-order valence-corrected chi connectivity index (χ2v) is 5.54. The highest BCUT2D eigenvalue weighted by Crippen LogP contribution is 2.29. The van der Waals surface area contributed by atoms with Crippen molar-refractivity contribution in [3.63, 3.8) is 0 Å². The number of nitrogens with zero attached hydrogens (tertiary/aromatic N) is 1. The van der Waals surface area contributed by atoms with E-state index in [0.29, 0.717) is 26.1 Å². The van der Waals surface area contributed by atoms with Gasteiger partial charge in [-0.25, -0.2) is 4.79 Å². The van der Waals surface area contributed by atoms with Gasteiger partial charge < -0.3 is 20.1 Å². The van der Waals surface area contributed by atoms with Crippen LogP contribution < -0.4 is 5.32 Å². The highest BCUT2D eigenvalue weighted by molar-refractivity contribution is 5.78. The van der Waals surface area contributed by atoms with Gasteiger partial charge in [0, 0.05) is 19.6 Å². The van der Waals surface area contributed by atoms with Crippen molar-refractivity contribution in [2.45, 2.75) is 39.7 Å². The van der Waals surface area contributed by atoms with E-state index in [4.69, 9.17) is 4.74 Å². The molecule has 1 unspecified atom stereocenters. The van der Waals surface area contributed by atoms with Gasteiger partial charge in [-0.15, -0.1) is 0 Å². The molecule has 19 heavy (non-hydrogen) atoms. The molecule has 110 valence electrons. The number of ether oxygens (including phenoxy) is 1. The van der Waals surface area contributed by atoms with Crippen molar-refractivity contribution in [1.82, 2.24) is 10.2 Å². The molecule has 1 heterocycles. The number of piperidine rings is 1. The van der Waals surface area contributed by atoms with Gasteiger partial charge in [0.15, 0.2) is 0 Å². The van der Waals surface area contributed by atoms with Gasteiger partial charge in [0.2, 0.25) is 0 Å². The molecule has 6 heteroatoms. The molecule has 0 radical (unpaired) electrons. The summed E-state index contributed by atoms with van der Waals surface area (Å²) in [4.78, 5) is 24.7. The molecule has 0 aliphatic carbocycles. The van der Waals surface area contributed by atoms with Gasteiger partial charge in [0.25, 0.3) is 0 Å². The van der Waals surface area contributed by atoms with Crippen LogP contribution in [-0.4, -0.2) is 54.4 Å². The molecule has 0 aromatic carbocycles. The number of hydrogen-bond acceptors (Lipinski definition) is 3. The molecule has 0 spiro atoms. The van der Waals surface area contributed by atoms with Crippen molar-refractivity contribution in [2.24, 2.45) is 5.41 Å². The van der Waals surface area contributed by atoms with E-state index in [1.54, 1.807) is 11.8 Å². The Morgan fingerprint density at radius 2 is 2.16 bits per heavy atom. The third kappa shape index (κ3) is 4.70. The van der Waals surface area contributed by atoms with E-state index in [-0.39, 0.29) is 18.7 Å². The number of urea groups is 1. The minimum absolute atomic E-state index is 0.141. The predicted molar refractivity (Wildman–Crippen MR) is 71.0 cm³/mol. The van der Waals surface area contributed by atoms with E-state index >= 15 is 0 Å².